The first-order chi connectivity index (χ1) is 11.7. The lowest BCUT2D eigenvalue weighted by Gasteiger charge is -2.11. The topological polar surface area (TPSA) is 53.5 Å². The minimum Gasteiger partial charge on any atom is -0.357 e. The van der Waals surface area contributed by atoms with Crippen molar-refractivity contribution in [1.29, 1.82) is 0 Å². The summed E-state index contributed by atoms with van der Waals surface area (Å²) in [5.41, 5.74) is 1.12. The number of aliphatic imine (C=N–C) groups is 1. The standard InChI is InChI=1S/C18H25N3OS2/c1-3-19-18(21-13-17-10-9-15(2)23-17)20-11-12-24(22)14-16-7-5-4-6-8-16/h4-10H,3,11-14H2,1-2H3,(H2,19,20,21). The minimum absolute atomic E-state index is 0.602. The average Bonchev–Trinajstić information content (AvgIpc) is 2.99. The summed E-state index contributed by atoms with van der Waals surface area (Å²) in [5.74, 6) is 1.99. The van der Waals surface area contributed by atoms with Crippen LogP contribution in [0.5, 0.6) is 0 Å². The second-order valence-electron chi connectivity index (χ2n) is 5.41. The van der Waals surface area contributed by atoms with E-state index in [0.29, 0.717) is 24.6 Å². The van der Waals surface area contributed by atoms with Gasteiger partial charge in [-0.25, -0.2) is 4.99 Å². The van der Waals surface area contributed by atoms with Gasteiger partial charge in [0, 0.05) is 45.1 Å². The number of nitrogens with zero attached hydrogens (tertiary/aromatic N) is 1. The van der Waals surface area contributed by atoms with Crippen LogP contribution in [0.1, 0.15) is 22.2 Å². The molecule has 4 nitrogen and oxygen atoms in total. The molecular formula is C18H25N3OS2. The second-order valence-corrected chi connectivity index (χ2v) is 8.36. The molecular weight excluding hydrogens is 338 g/mol. The summed E-state index contributed by atoms with van der Waals surface area (Å²) in [7, 11) is -0.871. The summed E-state index contributed by atoms with van der Waals surface area (Å²) in [6.07, 6.45) is 0. The molecule has 0 aliphatic rings. The Hall–Kier alpha value is -1.66. The number of aryl methyl sites for hydroxylation is 1. The highest BCUT2D eigenvalue weighted by molar-refractivity contribution is 7.84. The lowest BCUT2D eigenvalue weighted by atomic mass is 10.2. The van der Waals surface area contributed by atoms with Gasteiger partial charge in [-0.2, -0.15) is 0 Å². The molecule has 0 saturated carbocycles. The van der Waals surface area contributed by atoms with Gasteiger partial charge in [-0.05, 0) is 31.5 Å². The fourth-order valence-electron chi connectivity index (χ4n) is 2.18. The molecule has 0 aliphatic carbocycles. The Morgan fingerprint density at radius 2 is 1.96 bits per heavy atom. The molecule has 2 rings (SSSR count). The van der Waals surface area contributed by atoms with Crippen LogP contribution in [-0.2, 0) is 23.1 Å². The van der Waals surface area contributed by atoms with Gasteiger partial charge in [0.15, 0.2) is 5.96 Å². The molecule has 2 aromatic rings. The number of benzene rings is 1. The highest BCUT2D eigenvalue weighted by Crippen LogP contribution is 2.15. The van der Waals surface area contributed by atoms with Crippen molar-refractivity contribution in [1.82, 2.24) is 10.6 Å². The Labute approximate surface area is 150 Å². The molecule has 0 fully saturated rings. The van der Waals surface area contributed by atoms with Crippen LogP contribution in [0.25, 0.3) is 0 Å². The van der Waals surface area contributed by atoms with Crippen molar-refractivity contribution < 1.29 is 4.21 Å². The number of nitrogens with one attached hydrogen (secondary N) is 2. The van der Waals surface area contributed by atoms with Crippen LogP contribution in [-0.4, -0.2) is 29.0 Å². The van der Waals surface area contributed by atoms with Gasteiger partial charge >= 0.3 is 0 Å². The fourth-order valence-corrected chi connectivity index (χ4v) is 4.04. The van der Waals surface area contributed by atoms with Crippen molar-refractivity contribution >= 4 is 28.1 Å². The van der Waals surface area contributed by atoms with Crippen LogP contribution in [0.4, 0.5) is 0 Å². The van der Waals surface area contributed by atoms with Gasteiger partial charge in [-0.15, -0.1) is 11.3 Å². The molecule has 0 radical (unpaired) electrons. The summed E-state index contributed by atoms with van der Waals surface area (Å²) < 4.78 is 12.1. The molecule has 0 saturated heterocycles. The Kier molecular flexibility index (Phi) is 7.98. The van der Waals surface area contributed by atoms with E-state index in [1.807, 2.05) is 37.3 Å². The molecule has 6 heteroatoms. The van der Waals surface area contributed by atoms with Gasteiger partial charge in [0.1, 0.15) is 0 Å². The molecule has 1 aromatic carbocycles. The van der Waals surface area contributed by atoms with E-state index in [4.69, 9.17) is 0 Å². The summed E-state index contributed by atoms with van der Waals surface area (Å²) in [4.78, 5) is 7.13. The van der Waals surface area contributed by atoms with Crippen molar-refractivity contribution in [3.05, 3.63) is 57.8 Å². The maximum atomic E-state index is 12.1. The average molecular weight is 364 g/mol. The van der Waals surface area contributed by atoms with Crippen molar-refractivity contribution in [3.8, 4) is 0 Å². The molecule has 24 heavy (non-hydrogen) atoms. The molecule has 1 aromatic heterocycles. The first-order valence-electron chi connectivity index (χ1n) is 8.13. The molecule has 1 unspecified atom stereocenters. The van der Waals surface area contributed by atoms with Gasteiger partial charge in [-0.1, -0.05) is 30.3 Å². The zero-order valence-electron chi connectivity index (χ0n) is 14.2. The molecule has 0 spiro atoms. The van der Waals surface area contributed by atoms with E-state index in [2.05, 4.69) is 34.7 Å². The molecule has 0 amide bonds. The Balaban J connectivity index is 1.77. The van der Waals surface area contributed by atoms with Crippen LogP contribution in [0.15, 0.2) is 47.5 Å². The van der Waals surface area contributed by atoms with Crippen LogP contribution >= 0.6 is 11.3 Å². The molecule has 0 bridgehead atoms. The largest absolute Gasteiger partial charge is 0.357 e. The number of rotatable bonds is 8. The van der Waals surface area contributed by atoms with E-state index in [9.17, 15) is 4.21 Å². The van der Waals surface area contributed by atoms with Gasteiger partial charge in [0.05, 0.1) is 6.54 Å². The molecule has 1 heterocycles. The second kappa shape index (κ2) is 10.3. The SMILES string of the molecule is CCNC(=NCc1ccc(C)s1)NCCS(=O)Cc1ccccc1. The van der Waals surface area contributed by atoms with E-state index < -0.39 is 10.8 Å². The lowest BCUT2D eigenvalue weighted by molar-refractivity contribution is 0.680. The molecule has 130 valence electrons. The number of guanidine groups is 1. The van der Waals surface area contributed by atoms with E-state index >= 15 is 0 Å². The van der Waals surface area contributed by atoms with E-state index in [1.54, 1.807) is 11.3 Å². The van der Waals surface area contributed by atoms with Crippen LogP contribution < -0.4 is 10.6 Å². The van der Waals surface area contributed by atoms with Crippen molar-refractivity contribution in [2.75, 3.05) is 18.8 Å². The van der Waals surface area contributed by atoms with Crippen LogP contribution in [0.3, 0.4) is 0 Å². The third-order valence-corrected chi connectivity index (χ3v) is 5.63. The highest BCUT2D eigenvalue weighted by Gasteiger charge is 2.03. The third-order valence-electron chi connectivity index (χ3n) is 3.33. The van der Waals surface area contributed by atoms with Crippen molar-refractivity contribution in [2.24, 2.45) is 4.99 Å². The highest BCUT2D eigenvalue weighted by atomic mass is 32.2. The van der Waals surface area contributed by atoms with Crippen molar-refractivity contribution in [3.63, 3.8) is 0 Å². The summed E-state index contributed by atoms with van der Waals surface area (Å²) in [6, 6.07) is 14.2. The van der Waals surface area contributed by atoms with E-state index in [-0.39, 0.29) is 0 Å². The van der Waals surface area contributed by atoms with Crippen LogP contribution in [0, 0.1) is 6.92 Å². The van der Waals surface area contributed by atoms with E-state index in [1.165, 1.54) is 9.75 Å². The molecule has 2 N–H and O–H groups in total. The summed E-state index contributed by atoms with van der Waals surface area (Å²) in [6.45, 7) is 6.27. The Bertz CT molecular complexity index is 668. The van der Waals surface area contributed by atoms with Gasteiger partial charge in [-0.3, -0.25) is 4.21 Å². The lowest BCUT2D eigenvalue weighted by Crippen LogP contribution is -2.39. The van der Waals surface area contributed by atoms with Crippen molar-refractivity contribution in [2.45, 2.75) is 26.1 Å². The zero-order chi connectivity index (χ0) is 17.2. The number of hydrogen-bond acceptors (Lipinski definition) is 3. The normalized spacial score (nSPS) is 12.8. The zero-order valence-corrected chi connectivity index (χ0v) is 15.9. The first kappa shape index (κ1) is 18.7. The predicted molar refractivity (Wildman–Crippen MR) is 105 cm³/mol. The molecule has 1 atom stereocenters. The van der Waals surface area contributed by atoms with Gasteiger partial charge < -0.3 is 10.6 Å². The Morgan fingerprint density at radius 1 is 1.17 bits per heavy atom. The van der Waals surface area contributed by atoms with Gasteiger partial charge in [0.25, 0.3) is 0 Å². The van der Waals surface area contributed by atoms with E-state index in [0.717, 1.165) is 18.1 Å². The monoisotopic (exact) mass is 363 g/mol. The van der Waals surface area contributed by atoms with Gasteiger partial charge in [0.2, 0.25) is 0 Å². The van der Waals surface area contributed by atoms with Crippen LogP contribution in [0.2, 0.25) is 0 Å². The summed E-state index contributed by atoms with van der Waals surface area (Å²) >= 11 is 1.77. The smallest absolute Gasteiger partial charge is 0.191 e. The summed E-state index contributed by atoms with van der Waals surface area (Å²) in [5, 5.41) is 6.49. The first-order valence-corrected chi connectivity index (χ1v) is 10.4. The number of hydrogen-bond donors (Lipinski definition) is 2. The third kappa shape index (κ3) is 6.84. The maximum absolute atomic E-state index is 12.1. The predicted octanol–water partition coefficient (Wildman–Crippen LogP) is 3.06. The quantitative estimate of drug-likeness (QED) is 0.560. The maximum Gasteiger partial charge on any atom is 0.191 e. The Morgan fingerprint density at radius 3 is 2.62 bits per heavy atom. The minimum atomic E-state index is -0.871. The molecule has 0 aliphatic heterocycles. The number of thiophene rings is 1. The fraction of sp³-hybridized carbons (Fsp3) is 0.389.